The van der Waals surface area contributed by atoms with E-state index in [-0.39, 0.29) is 18.1 Å². The molecule has 1 amide bonds. The molecule has 0 radical (unpaired) electrons. The van der Waals surface area contributed by atoms with Crippen molar-refractivity contribution in [2.45, 2.75) is 6.92 Å². The minimum atomic E-state index is -0.448. The van der Waals surface area contributed by atoms with E-state index in [4.69, 9.17) is 4.74 Å². The lowest BCUT2D eigenvalue weighted by Crippen LogP contribution is -2.22. The molecule has 0 aliphatic carbocycles. The predicted octanol–water partition coefficient (Wildman–Crippen LogP) is 2.96. The molecule has 0 unspecified atom stereocenters. The number of hydrogen-bond acceptors (Lipinski definition) is 5. The summed E-state index contributed by atoms with van der Waals surface area (Å²) in [6.45, 7) is 1.64. The lowest BCUT2D eigenvalue weighted by molar-refractivity contribution is -0.385. The Morgan fingerprint density at radius 3 is 2.70 bits per heavy atom. The second-order valence-electron chi connectivity index (χ2n) is 4.84. The molecule has 2 aromatic rings. The summed E-state index contributed by atoms with van der Waals surface area (Å²) in [6, 6.07) is 11.7. The monoisotopic (exact) mass is 315 g/mol. The molecule has 0 atom stereocenters. The molecule has 0 fully saturated rings. The van der Waals surface area contributed by atoms with Crippen molar-refractivity contribution in [1.82, 2.24) is 0 Å². The van der Waals surface area contributed by atoms with Crippen LogP contribution in [0.15, 0.2) is 42.5 Å². The number of ether oxygens (including phenoxy) is 1. The van der Waals surface area contributed by atoms with Crippen LogP contribution in [0.25, 0.3) is 0 Å². The number of carbonyl (C=O) groups excluding carboxylic acids is 1. The Hall–Kier alpha value is -3.09. The largest absolute Gasteiger partial charge is 0.497 e. The van der Waals surface area contributed by atoms with Gasteiger partial charge in [0.2, 0.25) is 5.91 Å². The molecule has 0 bridgehead atoms. The Labute approximate surface area is 133 Å². The Morgan fingerprint density at radius 1 is 1.26 bits per heavy atom. The quantitative estimate of drug-likeness (QED) is 0.631. The van der Waals surface area contributed by atoms with Crippen LogP contribution in [0.5, 0.6) is 5.75 Å². The summed E-state index contributed by atoms with van der Waals surface area (Å²) in [5.74, 6) is 0.384. The highest BCUT2D eigenvalue weighted by Crippen LogP contribution is 2.24. The molecular weight excluding hydrogens is 298 g/mol. The van der Waals surface area contributed by atoms with Crippen molar-refractivity contribution in [1.29, 1.82) is 0 Å². The van der Waals surface area contributed by atoms with Crippen LogP contribution in [-0.4, -0.2) is 24.5 Å². The summed E-state index contributed by atoms with van der Waals surface area (Å²) >= 11 is 0. The second-order valence-corrected chi connectivity index (χ2v) is 4.84. The van der Waals surface area contributed by atoms with Crippen LogP contribution >= 0.6 is 0 Å². The first-order valence-corrected chi connectivity index (χ1v) is 6.93. The minimum absolute atomic E-state index is 0.000776. The maximum atomic E-state index is 12.0. The van der Waals surface area contributed by atoms with E-state index < -0.39 is 4.92 Å². The standard InChI is InChI=1S/C16H17N3O4/c1-11-14(7-4-8-15(11)19(21)22)17-10-16(20)18-12-5-3-6-13(9-12)23-2/h3-9,17H,10H2,1-2H3,(H,18,20). The zero-order valence-electron chi connectivity index (χ0n) is 12.8. The first-order valence-electron chi connectivity index (χ1n) is 6.93. The van der Waals surface area contributed by atoms with Crippen LogP contribution in [-0.2, 0) is 4.79 Å². The van der Waals surface area contributed by atoms with Crippen molar-refractivity contribution in [2.75, 3.05) is 24.3 Å². The third kappa shape index (κ3) is 4.19. The van der Waals surface area contributed by atoms with Gasteiger partial charge in [0.25, 0.3) is 5.69 Å². The molecule has 0 heterocycles. The molecule has 2 rings (SSSR count). The molecule has 2 aromatic carbocycles. The molecule has 0 aromatic heterocycles. The van der Waals surface area contributed by atoms with E-state index in [1.165, 1.54) is 6.07 Å². The smallest absolute Gasteiger partial charge is 0.274 e. The van der Waals surface area contributed by atoms with Crippen molar-refractivity contribution >= 4 is 23.0 Å². The summed E-state index contributed by atoms with van der Waals surface area (Å²) < 4.78 is 5.09. The number of benzene rings is 2. The predicted molar refractivity (Wildman–Crippen MR) is 87.9 cm³/mol. The number of amides is 1. The van der Waals surface area contributed by atoms with E-state index in [1.807, 2.05) is 0 Å². The van der Waals surface area contributed by atoms with E-state index in [9.17, 15) is 14.9 Å². The molecule has 0 aliphatic rings. The summed E-state index contributed by atoms with van der Waals surface area (Å²) in [5, 5.41) is 16.5. The van der Waals surface area contributed by atoms with E-state index >= 15 is 0 Å². The van der Waals surface area contributed by atoms with E-state index in [0.717, 1.165) is 0 Å². The molecular formula is C16H17N3O4. The Bertz CT molecular complexity index is 731. The lowest BCUT2D eigenvalue weighted by Gasteiger charge is -2.10. The van der Waals surface area contributed by atoms with Gasteiger partial charge in [-0.25, -0.2) is 0 Å². The van der Waals surface area contributed by atoms with Gasteiger partial charge >= 0.3 is 0 Å². The summed E-state index contributed by atoms with van der Waals surface area (Å²) in [5.41, 5.74) is 1.68. The van der Waals surface area contributed by atoms with E-state index in [1.54, 1.807) is 50.4 Å². The van der Waals surface area contributed by atoms with Crippen molar-refractivity contribution in [3.8, 4) is 5.75 Å². The van der Waals surface area contributed by atoms with Gasteiger partial charge in [0.1, 0.15) is 5.75 Å². The SMILES string of the molecule is COc1cccc(NC(=O)CNc2cccc([N+](=O)[O-])c2C)c1. The molecule has 120 valence electrons. The number of nitrogens with one attached hydrogen (secondary N) is 2. The normalized spacial score (nSPS) is 10.0. The number of nitro benzene ring substituents is 1. The molecule has 0 aliphatic heterocycles. The number of hydrogen-bond donors (Lipinski definition) is 2. The van der Waals surface area contributed by atoms with Gasteiger partial charge in [-0.3, -0.25) is 14.9 Å². The number of nitro groups is 1. The Kier molecular flexibility index (Phi) is 5.14. The van der Waals surface area contributed by atoms with Gasteiger partial charge in [0.05, 0.1) is 18.6 Å². The van der Waals surface area contributed by atoms with Crippen molar-refractivity contribution in [3.05, 3.63) is 58.1 Å². The average molecular weight is 315 g/mol. The topological polar surface area (TPSA) is 93.5 Å². The van der Waals surface area contributed by atoms with Crippen molar-refractivity contribution in [3.63, 3.8) is 0 Å². The molecule has 0 spiro atoms. The average Bonchev–Trinajstić information content (AvgIpc) is 2.53. The third-order valence-electron chi connectivity index (χ3n) is 3.29. The second kappa shape index (κ2) is 7.26. The number of rotatable bonds is 6. The van der Waals surface area contributed by atoms with E-state index in [2.05, 4.69) is 10.6 Å². The van der Waals surface area contributed by atoms with Crippen LogP contribution in [0.4, 0.5) is 17.1 Å². The molecule has 23 heavy (non-hydrogen) atoms. The molecule has 7 nitrogen and oxygen atoms in total. The highest BCUT2D eigenvalue weighted by atomic mass is 16.6. The minimum Gasteiger partial charge on any atom is -0.497 e. The van der Waals surface area contributed by atoms with Crippen LogP contribution in [0.1, 0.15) is 5.56 Å². The van der Waals surface area contributed by atoms with Crippen LogP contribution in [0.2, 0.25) is 0 Å². The van der Waals surface area contributed by atoms with Gasteiger partial charge in [-0.2, -0.15) is 0 Å². The molecule has 2 N–H and O–H groups in total. The van der Waals surface area contributed by atoms with Gasteiger partial charge < -0.3 is 15.4 Å². The summed E-state index contributed by atoms with van der Waals surface area (Å²) in [6.07, 6.45) is 0. The summed E-state index contributed by atoms with van der Waals surface area (Å²) in [7, 11) is 1.55. The van der Waals surface area contributed by atoms with Crippen molar-refractivity contribution in [2.24, 2.45) is 0 Å². The van der Waals surface area contributed by atoms with Crippen LogP contribution < -0.4 is 15.4 Å². The fraction of sp³-hybridized carbons (Fsp3) is 0.188. The number of carbonyl (C=O) groups is 1. The first kappa shape index (κ1) is 16.3. The zero-order chi connectivity index (χ0) is 16.8. The van der Waals surface area contributed by atoms with Gasteiger partial charge in [-0.1, -0.05) is 12.1 Å². The zero-order valence-corrected chi connectivity index (χ0v) is 12.8. The maximum absolute atomic E-state index is 12.0. The van der Waals surface area contributed by atoms with Gasteiger partial charge in [0.15, 0.2) is 0 Å². The van der Waals surface area contributed by atoms with E-state index in [0.29, 0.717) is 22.7 Å². The highest BCUT2D eigenvalue weighted by Gasteiger charge is 2.13. The maximum Gasteiger partial charge on any atom is 0.274 e. The number of nitrogens with zero attached hydrogens (tertiary/aromatic N) is 1. The van der Waals surface area contributed by atoms with Gasteiger partial charge in [-0.05, 0) is 25.1 Å². The van der Waals surface area contributed by atoms with Gasteiger partial charge in [0, 0.05) is 29.1 Å². The van der Waals surface area contributed by atoms with Gasteiger partial charge in [-0.15, -0.1) is 0 Å². The number of anilines is 2. The Morgan fingerprint density at radius 2 is 2.00 bits per heavy atom. The lowest BCUT2D eigenvalue weighted by atomic mass is 10.1. The van der Waals surface area contributed by atoms with Crippen LogP contribution in [0, 0.1) is 17.0 Å². The van der Waals surface area contributed by atoms with Crippen LogP contribution in [0.3, 0.4) is 0 Å². The fourth-order valence-corrected chi connectivity index (χ4v) is 2.09. The molecule has 7 heteroatoms. The molecule has 0 saturated carbocycles. The molecule has 0 saturated heterocycles. The Balaban J connectivity index is 1.99. The third-order valence-corrected chi connectivity index (χ3v) is 3.29. The number of methoxy groups -OCH3 is 1. The fourth-order valence-electron chi connectivity index (χ4n) is 2.09. The summed E-state index contributed by atoms with van der Waals surface area (Å²) in [4.78, 5) is 22.4. The first-order chi connectivity index (χ1) is 11.0. The highest BCUT2D eigenvalue weighted by molar-refractivity contribution is 5.94. The van der Waals surface area contributed by atoms with Crippen molar-refractivity contribution < 1.29 is 14.5 Å².